The van der Waals surface area contributed by atoms with E-state index < -0.39 is 0 Å². The third-order valence-corrected chi connectivity index (χ3v) is 3.33. The molecule has 19 heavy (non-hydrogen) atoms. The fourth-order valence-corrected chi connectivity index (χ4v) is 2.32. The van der Waals surface area contributed by atoms with Gasteiger partial charge in [-0.05, 0) is 49.2 Å². The van der Waals surface area contributed by atoms with Gasteiger partial charge >= 0.3 is 0 Å². The second kappa shape index (κ2) is 5.80. The molecule has 0 aliphatic heterocycles. The third kappa shape index (κ3) is 2.74. The summed E-state index contributed by atoms with van der Waals surface area (Å²) in [6, 6.07) is 4.04. The van der Waals surface area contributed by atoms with Crippen LogP contribution in [-0.2, 0) is 0 Å². The number of nitrogen functional groups attached to an aromatic ring is 1. The van der Waals surface area contributed by atoms with E-state index in [2.05, 4.69) is 36.1 Å². The molecule has 0 saturated heterocycles. The van der Waals surface area contributed by atoms with Crippen LogP contribution in [0.25, 0.3) is 0 Å². The second-order valence-electron chi connectivity index (χ2n) is 4.65. The van der Waals surface area contributed by atoms with Gasteiger partial charge in [0.25, 0.3) is 0 Å². The summed E-state index contributed by atoms with van der Waals surface area (Å²) >= 11 is 0. The molecule has 4 heteroatoms. The Labute approximate surface area is 114 Å². The molecule has 0 amide bonds. The highest BCUT2D eigenvalue weighted by Gasteiger charge is 2.20. The van der Waals surface area contributed by atoms with Crippen LogP contribution in [0.2, 0.25) is 0 Å². The Hall–Kier alpha value is -1.94. The number of nitrogens with one attached hydrogen (secondary N) is 1. The van der Waals surface area contributed by atoms with Crippen molar-refractivity contribution in [3.8, 4) is 0 Å². The van der Waals surface area contributed by atoms with Gasteiger partial charge < -0.3 is 11.1 Å². The number of anilines is 1. The van der Waals surface area contributed by atoms with Crippen molar-refractivity contribution in [3.63, 3.8) is 0 Å². The van der Waals surface area contributed by atoms with E-state index in [1.807, 2.05) is 18.3 Å². The first-order valence-corrected chi connectivity index (χ1v) is 6.50. The van der Waals surface area contributed by atoms with E-state index in [1.165, 1.54) is 5.56 Å². The molecule has 2 aromatic rings. The lowest BCUT2D eigenvalue weighted by molar-refractivity contribution is 0.622. The largest absolute Gasteiger partial charge is 0.383 e. The number of pyridine rings is 2. The van der Waals surface area contributed by atoms with Crippen molar-refractivity contribution >= 4 is 5.82 Å². The normalized spacial score (nSPS) is 12.4. The monoisotopic (exact) mass is 256 g/mol. The fourth-order valence-electron chi connectivity index (χ4n) is 2.32. The Morgan fingerprint density at radius 1 is 1.21 bits per heavy atom. The van der Waals surface area contributed by atoms with Gasteiger partial charge in [0, 0.05) is 24.2 Å². The van der Waals surface area contributed by atoms with Crippen molar-refractivity contribution in [2.75, 3.05) is 12.3 Å². The molecule has 0 aliphatic rings. The summed E-state index contributed by atoms with van der Waals surface area (Å²) in [5.74, 6) is 0.578. The van der Waals surface area contributed by atoms with Crippen molar-refractivity contribution < 1.29 is 0 Å². The van der Waals surface area contributed by atoms with Crippen LogP contribution >= 0.6 is 0 Å². The third-order valence-electron chi connectivity index (χ3n) is 3.33. The number of hydrogen-bond donors (Lipinski definition) is 2. The topological polar surface area (TPSA) is 63.8 Å². The predicted octanol–water partition coefficient (Wildman–Crippen LogP) is 2.37. The Morgan fingerprint density at radius 3 is 2.58 bits per heavy atom. The Morgan fingerprint density at radius 2 is 1.95 bits per heavy atom. The highest BCUT2D eigenvalue weighted by atomic mass is 14.9. The van der Waals surface area contributed by atoms with Crippen LogP contribution in [0.1, 0.15) is 35.2 Å². The lowest BCUT2D eigenvalue weighted by Crippen LogP contribution is -2.25. The molecule has 0 spiro atoms. The molecule has 3 N–H and O–H groups in total. The minimum absolute atomic E-state index is 0.0346. The minimum Gasteiger partial charge on any atom is -0.383 e. The summed E-state index contributed by atoms with van der Waals surface area (Å²) in [7, 11) is 0. The molecule has 0 aliphatic carbocycles. The van der Waals surface area contributed by atoms with Crippen molar-refractivity contribution in [1.82, 2.24) is 15.3 Å². The maximum atomic E-state index is 6.07. The van der Waals surface area contributed by atoms with Crippen molar-refractivity contribution in [3.05, 3.63) is 53.0 Å². The van der Waals surface area contributed by atoms with Crippen LogP contribution in [-0.4, -0.2) is 16.5 Å². The van der Waals surface area contributed by atoms with Crippen molar-refractivity contribution in [1.29, 1.82) is 0 Å². The van der Waals surface area contributed by atoms with Gasteiger partial charge in [0.15, 0.2) is 0 Å². The standard InChI is InChI=1S/C15H20N4/c1-4-18-14(12-9-17-7-5-10(12)2)13-11(3)6-8-19-15(13)16/h5-9,14,18H,4H2,1-3H3,(H2,16,19). The molecule has 0 fully saturated rings. The maximum absolute atomic E-state index is 6.07. The highest BCUT2D eigenvalue weighted by Crippen LogP contribution is 2.29. The summed E-state index contributed by atoms with van der Waals surface area (Å²) in [6.07, 6.45) is 5.45. The lowest BCUT2D eigenvalue weighted by atomic mass is 9.94. The quantitative estimate of drug-likeness (QED) is 0.881. The molecule has 2 aromatic heterocycles. The Bertz CT molecular complexity index is 546. The molecule has 1 atom stereocenters. The number of nitrogens with zero attached hydrogens (tertiary/aromatic N) is 2. The van der Waals surface area contributed by atoms with Gasteiger partial charge in [-0.2, -0.15) is 0 Å². The molecule has 0 saturated carbocycles. The summed E-state index contributed by atoms with van der Waals surface area (Å²) < 4.78 is 0. The average Bonchev–Trinajstić information content (AvgIpc) is 2.38. The number of aryl methyl sites for hydroxylation is 2. The van der Waals surface area contributed by atoms with E-state index >= 15 is 0 Å². The second-order valence-corrected chi connectivity index (χ2v) is 4.65. The predicted molar refractivity (Wildman–Crippen MR) is 77.9 cm³/mol. The zero-order valence-corrected chi connectivity index (χ0v) is 11.6. The van der Waals surface area contributed by atoms with Gasteiger partial charge in [0.2, 0.25) is 0 Å². The zero-order chi connectivity index (χ0) is 13.8. The molecular weight excluding hydrogens is 236 g/mol. The SMILES string of the molecule is CCNC(c1cnccc1C)c1c(C)ccnc1N. The summed E-state index contributed by atoms with van der Waals surface area (Å²) in [5.41, 5.74) is 10.6. The summed E-state index contributed by atoms with van der Waals surface area (Å²) in [5, 5.41) is 3.48. The van der Waals surface area contributed by atoms with E-state index in [1.54, 1.807) is 12.4 Å². The molecular formula is C15H20N4. The van der Waals surface area contributed by atoms with Crippen LogP contribution in [0.4, 0.5) is 5.82 Å². The number of rotatable bonds is 4. The maximum Gasteiger partial charge on any atom is 0.128 e. The van der Waals surface area contributed by atoms with Gasteiger partial charge in [-0.15, -0.1) is 0 Å². The smallest absolute Gasteiger partial charge is 0.128 e. The zero-order valence-electron chi connectivity index (χ0n) is 11.6. The highest BCUT2D eigenvalue weighted by molar-refractivity contribution is 5.50. The molecule has 0 radical (unpaired) electrons. The minimum atomic E-state index is 0.0346. The lowest BCUT2D eigenvalue weighted by Gasteiger charge is -2.23. The first-order valence-electron chi connectivity index (χ1n) is 6.50. The number of aromatic nitrogens is 2. The van der Waals surface area contributed by atoms with Crippen LogP contribution in [0, 0.1) is 13.8 Å². The van der Waals surface area contributed by atoms with E-state index in [0.29, 0.717) is 5.82 Å². The van der Waals surface area contributed by atoms with Gasteiger partial charge in [-0.3, -0.25) is 4.98 Å². The summed E-state index contributed by atoms with van der Waals surface area (Å²) in [6.45, 7) is 7.08. The van der Waals surface area contributed by atoms with E-state index in [4.69, 9.17) is 5.73 Å². The molecule has 2 rings (SSSR count). The van der Waals surface area contributed by atoms with Crippen molar-refractivity contribution in [2.45, 2.75) is 26.8 Å². The molecule has 0 bridgehead atoms. The van der Waals surface area contributed by atoms with E-state index in [-0.39, 0.29) is 6.04 Å². The van der Waals surface area contributed by atoms with Gasteiger partial charge in [-0.25, -0.2) is 4.98 Å². The van der Waals surface area contributed by atoms with Crippen LogP contribution in [0.15, 0.2) is 30.7 Å². The van der Waals surface area contributed by atoms with Crippen LogP contribution < -0.4 is 11.1 Å². The fraction of sp³-hybridized carbons (Fsp3) is 0.333. The average molecular weight is 256 g/mol. The number of hydrogen-bond acceptors (Lipinski definition) is 4. The summed E-state index contributed by atoms with van der Waals surface area (Å²) in [4.78, 5) is 8.45. The van der Waals surface area contributed by atoms with Gasteiger partial charge in [0.05, 0.1) is 6.04 Å². The van der Waals surface area contributed by atoms with E-state index in [9.17, 15) is 0 Å². The van der Waals surface area contributed by atoms with Gasteiger partial charge in [0.1, 0.15) is 5.82 Å². The first kappa shape index (κ1) is 13.5. The van der Waals surface area contributed by atoms with Gasteiger partial charge in [-0.1, -0.05) is 6.92 Å². The Kier molecular flexibility index (Phi) is 4.12. The molecule has 4 nitrogen and oxygen atoms in total. The van der Waals surface area contributed by atoms with Crippen LogP contribution in [0.3, 0.4) is 0 Å². The molecule has 0 aromatic carbocycles. The first-order chi connectivity index (χ1) is 9.15. The van der Waals surface area contributed by atoms with E-state index in [0.717, 1.165) is 23.2 Å². The molecule has 1 unspecified atom stereocenters. The molecule has 100 valence electrons. The molecule has 2 heterocycles. The van der Waals surface area contributed by atoms with Crippen LogP contribution in [0.5, 0.6) is 0 Å². The number of nitrogens with two attached hydrogens (primary N) is 1. The Balaban J connectivity index is 2.55. The van der Waals surface area contributed by atoms with Crippen molar-refractivity contribution in [2.24, 2.45) is 0 Å².